The first-order chi connectivity index (χ1) is 8.41. The summed E-state index contributed by atoms with van der Waals surface area (Å²) < 4.78 is 0. The normalized spacial score (nSPS) is 24.6. The Morgan fingerprint density at radius 2 is 2.11 bits per heavy atom. The molecule has 1 aromatic rings. The van der Waals surface area contributed by atoms with Gasteiger partial charge in [-0.3, -0.25) is 4.79 Å². The first-order valence-electron chi connectivity index (χ1n) is 6.44. The molecular formula is C13H21N3OS. The highest BCUT2D eigenvalue weighted by Crippen LogP contribution is 2.35. The highest BCUT2D eigenvalue weighted by molar-refractivity contribution is 7.09. The van der Waals surface area contributed by atoms with Crippen molar-refractivity contribution in [2.24, 2.45) is 5.73 Å². The maximum Gasteiger partial charge on any atom is 0.225 e. The fourth-order valence-corrected chi connectivity index (χ4v) is 3.32. The Balaban J connectivity index is 2.31. The zero-order chi connectivity index (χ0) is 13.4. The molecule has 0 aliphatic carbocycles. The summed E-state index contributed by atoms with van der Waals surface area (Å²) in [6.07, 6.45) is 0.428. The van der Waals surface area contributed by atoms with Crippen LogP contribution in [-0.2, 0) is 4.79 Å². The van der Waals surface area contributed by atoms with Crippen LogP contribution in [0.15, 0.2) is 5.38 Å². The average Bonchev–Trinajstić information content (AvgIpc) is 2.81. The van der Waals surface area contributed by atoms with Crippen molar-refractivity contribution < 1.29 is 4.79 Å². The van der Waals surface area contributed by atoms with E-state index in [9.17, 15) is 4.79 Å². The fourth-order valence-electron chi connectivity index (χ4n) is 2.45. The molecule has 1 aliphatic heterocycles. The molecule has 0 bridgehead atoms. The maximum atomic E-state index is 12.0. The van der Waals surface area contributed by atoms with Gasteiger partial charge in [0.15, 0.2) is 0 Å². The Morgan fingerprint density at radius 1 is 1.44 bits per heavy atom. The third-order valence-corrected chi connectivity index (χ3v) is 4.46. The van der Waals surface area contributed by atoms with Gasteiger partial charge in [0.25, 0.3) is 0 Å². The van der Waals surface area contributed by atoms with Gasteiger partial charge in [0.2, 0.25) is 5.91 Å². The Bertz CT molecular complexity index is 441. The van der Waals surface area contributed by atoms with Gasteiger partial charge in [-0.05, 0) is 13.8 Å². The first kappa shape index (κ1) is 13.5. The SMILES string of the molecule is CC(C)c1nc([C@H]2[C@H](N)CC(=O)N2C(C)C)cs1. The van der Waals surface area contributed by atoms with E-state index in [-0.39, 0.29) is 24.0 Å². The molecule has 4 nitrogen and oxygen atoms in total. The van der Waals surface area contributed by atoms with Gasteiger partial charge in [0.05, 0.1) is 16.7 Å². The van der Waals surface area contributed by atoms with E-state index in [4.69, 9.17) is 5.73 Å². The van der Waals surface area contributed by atoms with Gasteiger partial charge in [-0.2, -0.15) is 0 Å². The Hall–Kier alpha value is -0.940. The number of nitrogens with zero attached hydrogens (tertiary/aromatic N) is 2. The van der Waals surface area contributed by atoms with Crippen LogP contribution < -0.4 is 5.73 Å². The quantitative estimate of drug-likeness (QED) is 0.914. The Labute approximate surface area is 112 Å². The third kappa shape index (κ3) is 2.29. The van der Waals surface area contributed by atoms with Crippen LogP contribution in [0.5, 0.6) is 0 Å². The number of carbonyl (C=O) groups is 1. The van der Waals surface area contributed by atoms with Crippen molar-refractivity contribution in [3.8, 4) is 0 Å². The van der Waals surface area contributed by atoms with Gasteiger partial charge in [0.1, 0.15) is 0 Å². The number of likely N-dealkylation sites (tertiary alicyclic amines) is 1. The molecule has 0 spiro atoms. The molecule has 2 rings (SSSR count). The Kier molecular flexibility index (Phi) is 3.73. The highest BCUT2D eigenvalue weighted by Gasteiger charge is 2.41. The second-order valence-electron chi connectivity index (χ2n) is 5.47. The van der Waals surface area contributed by atoms with Crippen molar-refractivity contribution in [2.75, 3.05) is 0 Å². The van der Waals surface area contributed by atoms with E-state index in [2.05, 4.69) is 18.8 Å². The van der Waals surface area contributed by atoms with E-state index < -0.39 is 0 Å². The number of nitrogens with two attached hydrogens (primary N) is 1. The lowest BCUT2D eigenvalue weighted by Crippen LogP contribution is -2.37. The molecule has 1 saturated heterocycles. The minimum absolute atomic E-state index is 0.0544. The van der Waals surface area contributed by atoms with Gasteiger partial charge in [0, 0.05) is 29.8 Å². The van der Waals surface area contributed by atoms with Crippen molar-refractivity contribution in [2.45, 2.75) is 58.2 Å². The van der Waals surface area contributed by atoms with E-state index in [0.29, 0.717) is 12.3 Å². The second kappa shape index (κ2) is 4.97. The number of rotatable bonds is 3. The van der Waals surface area contributed by atoms with Gasteiger partial charge in [-0.25, -0.2) is 4.98 Å². The van der Waals surface area contributed by atoms with E-state index >= 15 is 0 Å². The molecule has 1 aromatic heterocycles. The lowest BCUT2D eigenvalue weighted by molar-refractivity contribution is -0.130. The monoisotopic (exact) mass is 267 g/mol. The van der Waals surface area contributed by atoms with Crippen molar-refractivity contribution in [3.05, 3.63) is 16.1 Å². The van der Waals surface area contributed by atoms with Crippen LogP contribution in [-0.4, -0.2) is 27.9 Å². The van der Waals surface area contributed by atoms with Gasteiger partial charge >= 0.3 is 0 Å². The van der Waals surface area contributed by atoms with E-state index in [1.807, 2.05) is 24.1 Å². The molecule has 0 radical (unpaired) electrons. The summed E-state index contributed by atoms with van der Waals surface area (Å²) in [5, 5.41) is 3.16. The molecule has 0 saturated carbocycles. The third-order valence-electron chi connectivity index (χ3n) is 3.30. The summed E-state index contributed by atoms with van der Waals surface area (Å²) >= 11 is 1.66. The molecule has 0 unspecified atom stereocenters. The molecule has 0 aromatic carbocycles. The zero-order valence-electron chi connectivity index (χ0n) is 11.4. The highest BCUT2D eigenvalue weighted by atomic mass is 32.1. The number of hydrogen-bond donors (Lipinski definition) is 1. The smallest absolute Gasteiger partial charge is 0.225 e. The van der Waals surface area contributed by atoms with Crippen molar-refractivity contribution in [1.82, 2.24) is 9.88 Å². The molecule has 18 heavy (non-hydrogen) atoms. The van der Waals surface area contributed by atoms with Crippen molar-refractivity contribution in [3.63, 3.8) is 0 Å². The van der Waals surface area contributed by atoms with Crippen molar-refractivity contribution >= 4 is 17.2 Å². The molecule has 2 heterocycles. The second-order valence-corrected chi connectivity index (χ2v) is 6.36. The molecule has 1 aliphatic rings. The van der Waals surface area contributed by atoms with Crippen LogP contribution in [0, 0.1) is 0 Å². The van der Waals surface area contributed by atoms with Crippen LogP contribution in [0.3, 0.4) is 0 Å². The standard InChI is InChI=1S/C13H21N3OS/c1-7(2)13-15-10(6-18-13)12-9(14)5-11(17)16(12)8(3)4/h6-9,12H,5,14H2,1-4H3/t9-,12-/m1/s1. The summed E-state index contributed by atoms with van der Waals surface area (Å²) in [6.45, 7) is 8.31. The molecule has 1 amide bonds. The summed E-state index contributed by atoms with van der Waals surface area (Å²) in [7, 11) is 0. The fraction of sp³-hybridized carbons (Fsp3) is 0.692. The zero-order valence-corrected chi connectivity index (χ0v) is 12.2. The largest absolute Gasteiger partial charge is 0.330 e. The topological polar surface area (TPSA) is 59.2 Å². The molecule has 1 fully saturated rings. The van der Waals surface area contributed by atoms with Gasteiger partial charge in [-0.15, -0.1) is 11.3 Å². The number of aromatic nitrogens is 1. The summed E-state index contributed by atoms with van der Waals surface area (Å²) in [5.74, 6) is 0.561. The first-order valence-corrected chi connectivity index (χ1v) is 7.31. The molecule has 100 valence electrons. The minimum Gasteiger partial charge on any atom is -0.330 e. The molecule has 2 N–H and O–H groups in total. The van der Waals surface area contributed by atoms with Crippen LogP contribution in [0.2, 0.25) is 0 Å². The summed E-state index contributed by atoms with van der Waals surface area (Å²) in [5.41, 5.74) is 7.07. The molecule has 2 atom stereocenters. The average molecular weight is 267 g/mol. The van der Waals surface area contributed by atoms with E-state index in [1.54, 1.807) is 11.3 Å². The van der Waals surface area contributed by atoms with Crippen LogP contribution in [0.1, 0.15) is 56.8 Å². The van der Waals surface area contributed by atoms with Crippen molar-refractivity contribution in [1.29, 1.82) is 0 Å². The summed E-state index contributed by atoms with van der Waals surface area (Å²) in [4.78, 5) is 18.5. The molecular weight excluding hydrogens is 246 g/mol. The van der Waals surface area contributed by atoms with Gasteiger partial charge in [-0.1, -0.05) is 13.8 Å². The van der Waals surface area contributed by atoms with Crippen LogP contribution in [0.4, 0.5) is 0 Å². The maximum absolute atomic E-state index is 12.0. The van der Waals surface area contributed by atoms with Crippen LogP contribution >= 0.6 is 11.3 Å². The predicted molar refractivity (Wildman–Crippen MR) is 73.5 cm³/mol. The lowest BCUT2D eigenvalue weighted by atomic mass is 10.1. The van der Waals surface area contributed by atoms with Crippen LogP contribution in [0.25, 0.3) is 0 Å². The summed E-state index contributed by atoms with van der Waals surface area (Å²) in [6, 6.07) is -0.0245. The number of hydrogen-bond acceptors (Lipinski definition) is 4. The van der Waals surface area contributed by atoms with E-state index in [1.165, 1.54) is 0 Å². The molecule has 5 heteroatoms. The Morgan fingerprint density at radius 3 is 2.61 bits per heavy atom. The number of thiazole rings is 1. The number of amides is 1. The predicted octanol–water partition coefficient (Wildman–Crippen LogP) is 2.28. The lowest BCUT2D eigenvalue weighted by Gasteiger charge is -2.29. The van der Waals surface area contributed by atoms with Gasteiger partial charge < -0.3 is 10.6 Å². The number of carbonyl (C=O) groups excluding carboxylic acids is 1. The minimum atomic E-state index is -0.137. The van der Waals surface area contributed by atoms with E-state index in [0.717, 1.165) is 10.7 Å².